The summed E-state index contributed by atoms with van der Waals surface area (Å²) in [7, 11) is 1.99. The Bertz CT molecular complexity index is 1080. The predicted molar refractivity (Wildman–Crippen MR) is 128 cm³/mol. The molecule has 0 bridgehead atoms. The topological polar surface area (TPSA) is 72.2 Å². The molecule has 2 aromatic heterocycles. The molecule has 0 aliphatic heterocycles. The van der Waals surface area contributed by atoms with E-state index in [2.05, 4.69) is 15.6 Å². The van der Waals surface area contributed by atoms with Gasteiger partial charge in [-0.2, -0.15) is 0 Å². The molecule has 0 aliphatic carbocycles. The van der Waals surface area contributed by atoms with Gasteiger partial charge in [0.25, 0.3) is 0 Å². The number of carbonyl (C=O) groups is 2. The third kappa shape index (κ3) is 6.19. The van der Waals surface area contributed by atoms with Crippen molar-refractivity contribution in [2.45, 2.75) is 58.3 Å². The Labute approximate surface area is 194 Å². The Morgan fingerprint density at radius 1 is 1.09 bits per heavy atom. The van der Waals surface area contributed by atoms with Crippen LogP contribution in [0.4, 0.5) is 0 Å². The van der Waals surface area contributed by atoms with E-state index >= 15 is 0 Å². The van der Waals surface area contributed by atoms with E-state index in [4.69, 9.17) is 16.7 Å². The number of carbonyl (C=O) groups excluding carboxylic acids is 1. The summed E-state index contributed by atoms with van der Waals surface area (Å²) in [6.45, 7) is 1.81. The fourth-order valence-corrected chi connectivity index (χ4v) is 4.56. The quantitative estimate of drug-likeness (QED) is 0.259. The van der Waals surface area contributed by atoms with Crippen molar-refractivity contribution in [1.82, 2.24) is 9.55 Å². The predicted octanol–water partition coefficient (Wildman–Crippen LogP) is 6.26. The number of benzene rings is 1. The Kier molecular flexibility index (Phi) is 8.46. The van der Waals surface area contributed by atoms with Gasteiger partial charge in [0.1, 0.15) is 0 Å². The van der Waals surface area contributed by atoms with Crippen LogP contribution >= 0.6 is 11.6 Å². The number of Topliss-reactive ketones (excluding diaryl/α,β-unsaturated/α-hetero) is 1. The molecule has 6 heteroatoms. The summed E-state index contributed by atoms with van der Waals surface area (Å²) in [5, 5.41) is 10.5. The van der Waals surface area contributed by atoms with Crippen LogP contribution in [0.2, 0.25) is 5.02 Å². The summed E-state index contributed by atoms with van der Waals surface area (Å²) in [6.07, 6.45) is 10.1. The maximum absolute atomic E-state index is 13.2. The van der Waals surface area contributed by atoms with E-state index in [0.29, 0.717) is 10.6 Å². The number of carboxylic acids is 1. The third-order valence-corrected chi connectivity index (χ3v) is 6.21. The number of ketones is 1. The highest BCUT2D eigenvalue weighted by Gasteiger charge is 2.23. The van der Waals surface area contributed by atoms with Gasteiger partial charge in [-0.1, -0.05) is 37.4 Å². The van der Waals surface area contributed by atoms with Gasteiger partial charge in [-0.3, -0.25) is 14.6 Å². The lowest BCUT2D eigenvalue weighted by molar-refractivity contribution is -0.137. The molecule has 1 atom stereocenters. The molecule has 0 spiro atoms. The largest absolute Gasteiger partial charge is 0.481 e. The van der Waals surface area contributed by atoms with Gasteiger partial charge in [-0.05, 0) is 61.4 Å². The monoisotopic (exact) mass is 454 g/mol. The molecule has 32 heavy (non-hydrogen) atoms. The molecule has 2 heterocycles. The normalized spacial score (nSPS) is 12.2. The average molecular weight is 455 g/mol. The Morgan fingerprint density at radius 3 is 2.53 bits per heavy atom. The average Bonchev–Trinajstić information content (AvgIpc) is 3.01. The Balaban J connectivity index is 1.69. The fraction of sp³-hybridized carbons (Fsp3) is 0.423. The van der Waals surface area contributed by atoms with Crippen LogP contribution in [0.25, 0.3) is 10.9 Å². The first-order valence-electron chi connectivity index (χ1n) is 11.3. The van der Waals surface area contributed by atoms with E-state index in [-0.39, 0.29) is 24.5 Å². The lowest BCUT2D eigenvalue weighted by Crippen LogP contribution is -2.12. The number of rotatable bonds is 12. The number of nitrogens with zero attached hydrogens (tertiary/aromatic N) is 2. The molecule has 0 saturated heterocycles. The van der Waals surface area contributed by atoms with Gasteiger partial charge in [0.05, 0.1) is 0 Å². The summed E-state index contributed by atoms with van der Waals surface area (Å²) in [5.74, 6) is -1.09. The van der Waals surface area contributed by atoms with Crippen molar-refractivity contribution in [3.05, 3.63) is 64.6 Å². The number of halogens is 1. The summed E-state index contributed by atoms with van der Waals surface area (Å²) >= 11 is 6.24. The molecule has 0 amide bonds. The molecule has 170 valence electrons. The Hall–Kier alpha value is -2.66. The van der Waals surface area contributed by atoms with Crippen LogP contribution in [0.1, 0.15) is 67.1 Å². The zero-order valence-corrected chi connectivity index (χ0v) is 19.6. The highest BCUT2D eigenvalue weighted by Crippen LogP contribution is 2.31. The second-order valence-electron chi connectivity index (χ2n) is 8.65. The number of carboxylic acid groups (broad SMARTS) is 1. The lowest BCUT2D eigenvalue weighted by Gasteiger charge is -2.11. The molecule has 0 saturated carbocycles. The number of fused-ring (bicyclic) bond motifs is 1. The number of unbranched alkanes of at least 4 members (excludes halogenated alkanes) is 3. The first-order chi connectivity index (χ1) is 15.4. The molecule has 0 aliphatic rings. The van der Waals surface area contributed by atoms with E-state index in [1.165, 1.54) is 5.56 Å². The van der Waals surface area contributed by atoms with E-state index in [1.54, 1.807) is 6.20 Å². The van der Waals surface area contributed by atoms with Crippen LogP contribution in [0, 0.1) is 5.92 Å². The minimum absolute atomic E-state index is 0.00167. The van der Waals surface area contributed by atoms with Gasteiger partial charge in [0.15, 0.2) is 5.78 Å². The van der Waals surface area contributed by atoms with E-state index in [0.717, 1.165) is 55.1 Å². The second-order valence-corrected chi connectivity index (χ2v) is 9.08. The first-order valence-corrected chi connectivity index (χ1v) is 11.6. The summed E-state index contributed by atoms with van der Waals surface area (Å²) in [5.41, 5.74) is 3.97. The zero-order valence-electron chi connectivity index (χ0n) is 18.8. The van der Waals surface area contributed by atoms with Gasteiger partial charge in [0, 0.05) is 59.5 Å². The van der Waals surface area contributed by atoms with Gasteiger partial charge in [0.2, 0.25) is 0 Å². The van der Waals surface area contributed by atoms with E-state index in [1.807, 2.05) is 44.4 Å². The van der Waals surface area contributed by atoms with Crippen molar-refractivity contribution in [1.29, 1.82) is 0 Å². The Morgan fingerprint density at radius 2 is 1.84 bits per heavy atom. The zero-order chi connectivity index (χ0) is 23.1. The van der Waals surface area contributed by atoms with Crippen LogP contribution in [0.3, 0.4) is 0 Å². The molecule has 0 unspecified atom stereocenters. The van der Waals surface area contributed by atoms with Crippen LogP contribution in [-0.2, 0) is 24.7 Å². The number of aliphatic carboxylic acids is 1. The van der Waals surface area contributed by atoms with Crippen LogP contribution in [-0.4, -0.2) is 26.4 Å². The second kappa shape index (κ2) is 11.3. The molecule has 3 aromatic rings. The maximum atomic E-state index is 13.2. The maximum Gasteiger partial charge on any atom is 0.303 e. The van der Waals surface area contributed by atoms with Crippen molar-refractivity contribution in [3.63, 3.8) is 0 Å². The minimum atomic E-state index is -0.877. The SMILES string of the molecule is C[C@H](CC(=O)O)CC(=O)c1c(CCCCCCc2cccnc2)n(C)c2ccc(Cl)cc12. The van der Waals surface area contributed by atoms with Gasteiger partial charge < -0.3 is 9.67 Å². The molecule has 0 fully saturated rings. The van der Waals surface area contributed by atoms with Crippen molar-refractivity contribution >= 4 is 34.3 Å². The van der Waals surface area contributed by atoms with Crippen molar-refractivity contribution < 1.29 is 14.7 Å². The molecule has 5 nitrogen and oxygen atoms in total. The smallest absolute Gasteiger partial charge is 0.303 e. The van der Waals surface area contributed by atoms with E-state index < -0.39 is 5.97 Å². The van der Waals surface area contributed by atoms with Crippen molar-refractivity contribution in [2.24, 2.45) is 13.0 Å². The van der Waals surface area contributed by atoms with E-state index in [9.17, 15) is 9.59 Å². The lowest BCUT2D eigenvalue weighted by atomic mass is 9.94. The van der Waals surface area contributed by atoms with Gasteiger partial charge in [-0.25, -0.2) is 0 Å². The van der Waals surface area contributed by atoms with Crippen LogP contribution in [0.5, 0.6) is 0 Å². The highest BCUT2D eigenvalue weighted by atomic mass is 35.5. The molecular weight excluding hydrogens is 424 g/mol. The molecular formula is C26H31ClN2O3. The molecule has 3 rings (SSSR count). The van der Waals surface area contributed by atoms with Crippen LogP contribution in [0.15, 0.2) is 42.7 Å². The standard InChI is InChI=1S/C26H31ClN2O3/c1-18(15-25(31)32)14-24(30)26-21-16-20(27)11-12-22(21)29(2)23(26)10-6-4-3-5-8-19-9-7-13-28-17-19/h7,9,11-13,16-18H,3-6,8,10,14-15H2,1-2H3,(H,31,32)/t18-/m0/s1. The first kappa shape index (κ1) is 24.0. The highest BCUT2D eigenvalue weighted by molar-refractivity contribution is 6.31. The summed E-state index contributed by atoms with van der Waals surface area (Å²) < 4.78 is 2.09. The van der Waals surface area contributed by atoms with Gasteiger partial charge >= 0.3 is 5.97 Å². The summed E-state index contributed by atoms with van der Waals surface area (Å²) in [6, 6.07) is 9.72. The van der Waals surface area contributed by atoms with Crippen molar-refractivity contribution in [3.8, 4) is 0 Å². The van der Waals surface area contributed by atoms with Gasteiger partial charge in [-0.15, -0.1) is 0 Å². The molecule has 0 radical (unpaired) electrons. The van der Waals surface area contributed by atoms with Crippen molar-refractivity contribution in [2.75, 3.05) is 0 Å². The van der Waals surface area contributed by atoms with Crippen LogP contribution < -0.4 is 0 Å². The minimum Gasteiger partial charge on any atom is -0.481 e. The summed E-state index contributed by atoms with van der Waals surface area (Å²) in [4.78, 5) is 28.4. The number of hydrogen-bond donors (Lipinski definition) is 1. The number of pyridine rings is 1. The third-order valence-electron chi connectivity index (χ3n) is 5.97. The molecule has 1 N–H and O–H groups in total. The number of hydrogen-bond acceptors (Lipinski definition) is 3. The number of aryl methyl sites for hydroxylation is 2. The number of aromatic nitrogens is 2. The fourth-order valence-electron chi connectivity index (χ4n) is 4.38. The molecule has 1 aromatic carbocycles.